The van der Waals surface area contributed by atoms with Crippen molar-refractivity contribution in [3.63, 3.8) is 0 Å². The molecular formula is C11H16N2O2S. The molecule has 0 saturated heterocycles. The second-order valence-electron chi connectivity index (χ2n) is 4.76. The minimum atomic E-state index is -0.757. The van der Waals surface area contributed by atoms with Crippen LogP contribution in [-0.2, 0) is 10.3 Å². The zero-order valence-corrected chi connectivity index (χ0v) is 10.3. The summed E-state index contributed by atoms with van der Waals surface area (Å²) in [6.45, 7) is 3.95. The van der Waals surface area contributed by atoms with E-state index in [1.165, 1.54) is 0 Å². The third-order valence-electron chi connectivity index (χ3n) is 2.84. The molecule has 0 radical (unpaired) electrons. The molecule has 1 aliphatic carbocycles. The van der Waals surface area contributed by atoms with Crippen LogP contribution in [0.5, 0.6) is 0 Å². The van der Waals surface area contributed by atoms with E-state index in [1.807, 2.05) is 19.2 Å². The van der Waals surface area contributed by atoms with Gasteiger partial charge in [-0.05, 0) is 32.6 Å². The zero-order valence-electron chi connectivity index (χ0n) is 9.43. The van der Waals surface area contributed by atoms with Crippen LogP contribution < -0.4 is 5.32 Å². The van der Waals surface area contributed by atoms with Crippen molar-refractivity contribution in [2.75, 3.05) is 0 Å². The Morgan fingerprint density at radius 3 is 2.81 bits per heavy atom. The number of hydrogen-bond acceptors (Lipinski definition) is 4. The van der Waals surface area contributed by atoms with Gasteiger partial charge in [-0.15, -0.1) is 11.3 Å². The molecule has 1 aromatic heterocycles. The zero-order chi connectivity index (χ0) is 11.8. The Labute approximate surface area is 98.7 Å². The van der Waals surface area contributed by atoms with E-state index in [9.17, 15) is 4.79 Å². The summed E-state index contributed by atoms with van der Waals surface area (Å²) in [5.41, 5.74) is -0.375. The standard InChI is InChI=1S/C11H16N2O2S/c1-11(2,10-12-5-6-16-10)13-8(9(14)15)7-3-4-7/h5-8,13H,3-4H2,1-2H3,(H,14,15). The van der Waals surface area contributed by atoms with E-state index >= 15 is 0 Å². The lowest BCUT2D eigenvalue weighted by Gasteiger charge is -2.28. The number of carboxylic acids is 1. The number of aliphatic carboxylic acids is 1. The third kappa shape index (κ3) is 2.41. The molecule has 1 heterocycles. The van der Waals surface area contributed by atoms with E-state index in [0.29, 0.717) is 0 Å². The fourth-order valence-electron chi connectivity index (χ4n) is 1.79. The largest absolute Gasteiger partial charge is 0.480 e. The van der Waals surface area contributed by atoms with Crippen LogP contribution in [0.4, 0.5) is 0 Å². The topological polar surface area (TPSA) is 62.2 Å². The molecule has 4 nitrogen and oxygen atoms in total. The maximum atomic E-state index is 11.1. The summed E-state index contributed by atoms with van der Waals surface area (Å²) in [6, 6.07) is -0.445. The first-order valence-electron chi connectivity index (χ1n) is 5.41. The number of aromatic nitrogens is 1. The van der Waals surface area contributed by atoms with Gasteiger partial charge in [-0.25, -0.2) is 4.98 Å². The molecule has 2 rings (SSSR count). The van der Waals surface area contributed by atoms with Gasteiger partial charge >= 0.3 is 5.97 Å². The third-order valence-corrected chi connectivity index (χ3v) is 3.94. The van der Waals surface area contributed by atoms with Gasteiger partial charge < -0.3 is 5.11 Å². The lowest BCUT2D eigenvalue weighted by molar-refractivity contribution is -0.140. The summed E-state index contributed by atoms with van der Waals surface area (Å²) in [6.07, 6.45) is 3.77. The highest BCUT2D eigenvalue weighted by molar-refractivity contribution is 7.09. The van der Waals surface area contributed by atoms with E-state index in [0.717, 1.165) is 17.8 Å². The maximum absolute atomic E-state index is 11.1. The summed E-state index contributed by atoms with van der Waals surface area (Å²) in [4.78, 5) is 15.4. The van der Waals surface area contributed by atoms with Crippen molar-refractivity contribution < 1.29 is 9.90 Å². The first-order chi connectivity index (χ1) is 7.50. The highest BCUT2D eigenvalue weighted by atomic mass is 32.1. The number of nitrogens with zero attached hydrogens (tertiary/aromatic N) is 1. The first kappa shape index (κ1) is 11.5. The number of carboxylic acid groups (broad SMARTS) is 1. The SMILES string of the molecule is CC(C)(NC(C(=O)O)C1CC1)c1nccs1. The number of thiazole rings is 1. The van der Waals surface area contributed by atoms with Gasteiger partial charge in [0.2, 0.25) is 0 Å². The van der Waals surface area contributed by atoms with Gasteiger partial charge in [-0.3, -0.25) is 10.1 Å². The molecule has 1 saturated carbocycles. The van der Waals surface area contributed by atoms with Gasteiger partial charge in [0.1, 0.15) is 11.0 Å². The molecule has 0 aliphatic heterocycles. The molecule has 1 unspecified atom stereocenters. The van der Waals surface area contributed by atoms with E-state index in [1.54, 1.807) is 17.5 Å². The average molecular weight is 240 g/mol. The summed E-state index contributed by atoms with van der Waals surface area (Å²) in [7, 11) is 0. The van der Waals surface area contributed by atoms with Crippen LogP contribution in [0.3, 0.4) is 0 Å². The Morgan fingerprint density at radius 1 is 1.69 bits per heavy atom. The molecule has 16 heavy (non-hydrogen) atoms. The molecule has 0 spiro atoms. The van der Waals surface area contributed by atoms with E-state index in [2.05, 4.69) is 10.3 Å². The molecule has 1 fully saturated rings. The van der Waals surface area contributed by atoms with Gasteiger partial charge in [-0.2, -0.15) is 0 Å². The molecule has 2 N–H and O–H groups in total. The van der Waals surface area contributed by atoms with Gasteiger partial charge in [0.05, 0.1) is 5.54 Å². The van der Waals surface area contributed by atoms with Crippen LogP contribution >= 0.6 is 11.3 Å². The lowest BCUT2D eigenvalue weighted by Crippen LogP contribution is -2.48. The Hall–Kier alpha value is -0.940. The normalized spacial score (nSPS) is 18.4. The number of carbonyl (C=O) groups is 1. The monoisotopic (exact) mass is 240 g/mol. The van der Waals surface area contributed by atoms with Crippen LogP contribution in [0.25, 0.3) is 0 Å². The smallest absolute Gasteiger partial charge is 0.321 e. The van der Waals surface area contributed by atoms with Gasteiger partial charge in [0, 0.05) is 11.6 Å². The highest BCUT2D eigenvalue weighted by Crippen LogP contribution is 2.35. The van der Waals surface area contributed by atoms with Crippen molar-refractivity contribution in [3.8, 4) is 0 Å². The summed E-state index contributed by atoms with van der Waals surface area (Å²) >= 11 is 1.55. The van der Waals surface area contributed by atoms with Crippen molar-refractivity contribution >= 4 is 17.3 Å². The predicted molar refractivity (Wildman–Crippen MR) is 62.4 cm³/mol. The summed E-state index contributed by atoms with van der Waals surface area (Å²) in [5, 5.41) is 15.2. The molecular weight excluding hydrogens is 224 g/mol. The second-order valence-corrected chi connectivity index (χ2v) is 5.65. The van der Waals surface area contributed by atoms with Crippen molar-refractivity contribution in [1.29, 1.82) is 0 Å². The fourth-order valence-corrected chi connectivity index (χ4v) is 2.52. The maximum Gasteiger partial charge on any atom is 0.321 e. The molecule has 0 bridgehead atoms. The van der Waals surface area contributed by atoms with E-state index < -0.39 is 12.0 Å². The Balaban J connectivity index is 2.09. The molecule has 1 aliphatic rings. The van der Waals surface area contributed by atoms with Gasteiger partial charge in [0.25, 0.3) is 0 Å². The first-order valence-corrected chi connectivity index (χ1v) is 6.29. The fraction of sp³-hybridized carbons (Fsp3) is 0.636. The molecule has 1 atom stereocenters. The molecule has 1 aromatic rings. The number of hydrogen-bond donors (Lipinski definition) is 2. The summed E-state index contributed by atoms with van der Waals surface area (Å²) in [5.74, 6) is -0.469. The Morgan fingerprint density at radius 2 is 2.38 bits per heavy atom. The summed E-state index contributed by atoms with van der Waals surface area (Å²) < 4.78 is 0. The van der Waals surface area contributed by atoms with Gasteiger partial charge in [0.15, 0.2) is 0 Å². The van der Waals surface area contributed by atoms with Crippen LogP contribution in [0.2, 0.25) is 0 Å². The van der Waals surface area contributed by atoms with E-state index in [-0.39, 0.29) is 11.5 Å². The van der Waals surface area contributed by atoms with Crippen molar-refractivity contribution in [2.45, 2.75) is 38.3 Å². The second kappa shape index (κ2) is 4.14. The molecule has 5 heteroatoms. The molecule has 0 amide bonds. The van der Waals surface area contributed by atoms with Crippen molar-refractivity contribution in [1.82, 2.24) is 10.3 Å². The number of nitrogens with one attached hydrogen (secondary N) is 1. The Bertz CT molecular complexity index is 371. The van der Waals surface area contributed by atoms with Crippen LogP contribution in [0.15, 0.2) is 11.6 Å². The Kier molecular flexibility index (Phi) is 2.99. The van der Waals surface area contributed by atoms with Crippen LogP contribution in [-0.4, -0.2) is 22.1 Å². The lowest BCUT2D eigenvalue weighted by atomic mass is 10.0. The minimum absolute atomic E-state index is 0.289. The van der Waals surface area contributed by atoms with Crippen molar-refractivity contribution in [2.24, 2.45) is 5.92 Å². The average Bonchev–Trinajstić information content (AvgIpc) is 2.87. The highest BCUT2D eigenvalue weighted by Gasteiger charge is 2.40. The van der Waals surface area contributed by atoms with Gasteiger partial charge in [-0.1, -0.05) is 0 Å². The van der Waals surface area contributed by atoms with E-state index in [4.69, 9.17) is 5.11 Å². The quantitative estimate of drug-likeness (QED) is 0.824. The minimum Gasteiger partial charge on any atom is -0.480 e. The van der Waals surface area contributed by atoms with Crippen molar-refractivity contribution in [3.05, 3.63) is 16.6 Å². The molecule has 88 valence electrons. The van der Waals surface area contributed by atoms with Crippen LogP contribution in [0.1, 0.15) is 31.7 Å². The predicted octanol–water partition coefficient (Wildman–Crippen LogP) is 1.83. The van der Waals surface area contributed by atoms with Crippen LogP contribution in [0, 0.1) is 5.92 Å². The molecule has 0 aromatic carbocycles. The number of rotatable bonds is 5.